The van der Waals surface area contributed by atoms with E-state index in [4.69, 9.17) is 4.74 Å². The third-order valence-corrected chi connectivity index (χ3v) is 2.59. The quantitative estimate of drug-likeness (QED) is 0.791. The molecule has 0 aromatic heterocycles. The van der Waals surface area contributed by atoms with Gasteiger partial charge < -0.3 is 4.74 Å². The number of nitrogens with one attached hydrogen (secondary N) is 1. The van der Waals surface area contributed by atoms with Crippen LogP contribution >= 0.6 is 0 Å². The van der Waals surface area contributed by atoms with Crippen molar-refractivity contribution in [3.05, 3.63) is 30.3 Å². The van der Waals surface area contributed by atoms with Crippen molar-refractivity contribution in [2.75, 3.05) is 0 Å². The maximum absolute atomic E-state index is 11.5. The number of hydrazine groups is 1. The molecular weight excluding hydrogens is 220 g/mol. The molecular formula is C12H14N2O3. The number of carbonyl (C=O) groups excluding carboxylic acids is 2. The lowest BCUT2D eigenvalue weighted by Crippen LogP contribution is -2.68. The monoisotopic (exact) mass is 234 g/mol. The molecule has 1 heterocycles. The van der Waals surface area contributed by atoms with Gasteiger partial charge in [0.05, 0.1) is 5.92 Å². The van der Waals surface area contributed by atoms with Gasteiger partial charge in [0.2, 0.25) is 12.1 Å². The zero-order valence-corrected chi connectivity index (χ0v) is 9.71. The van der Waals surface area contributed by atoms with Crippen LogP contribution < -0.4 is 10.2 Å². The largest absolute Gasteiger partial charge is 0.468 e. The SMILES string of the molecule is CC(=O)NN1C(=O)C(C)C1Oc1ccccc1. The number of hydrogen-bond donors (Lipinski definition) is 1. The number of para-hydroxylation sites is 1. The second-order valence-corrected chi connectivity index (χ2v) is 3.99. The third kappa shape index (κ3) is 2.22. The van der Waals surface area contributed by atoms with Crippen molar-refractivity contribution in [3.63, 3.8) is 0 Å². The minimum atomic E-state index is -0.436. The van der Waals surface area contributed by atoms with Crippen LogP contribution in [0, 0.1) is 5.92 Å². The van der Waals surface area contributed by atoms with Crippen molar-refractivity contribution in [2.24, 2.45) is 5.92 Å². The highest BCUT2D eigenvalue weighted by molar-refractivity contribution is 5.87. The lowest BCUT2D eigenvalue weighted by Gasteiger charge is -2.44. The second kappa shape index (κ2) is 4.45. The van der Waals surface area contributed by atoms with E-state index in [9.17, 15) is 9.59 Å². The van der Waals surface area contributed by atoms with Gasteiger partial charge in [-0.25, -0.2) is 5.01 Å². The van der Waals surface area contributed by atoms with E-state index in [1.54, 1.807) is 6.92 Å². The first-order chi connectivity index (χ1) is 8.09. The number of amides is 2. The molecule has 1 aromatic rings. The summed E-state index contributed by atoms with van der Waals surface area (Å²) in [6.45, 7) is 3.13. The van der Waals surface area contributed by atoms with Crippen molar-refractivity contribution in [1.29, 1.82) is 0 Å². The Labute approximate surface area is 99.3 Å². The van der Waals surface area contributed by atoms with Crippen LogP contribution in [0.4, 0.5) is 0 Å². The highest BCUT2D eigenvalue weighted by Crippen LogP contribution is 2.27. The summed E-state index contributed by atoms with van der Waals surface area (Å²) in [5.41, 5.74) is 2.45. The normalized spacial score (nSPS) is 22.9. The maximum atomic E-state index is 11.5. The van der Waals surface area contributed by atoms with Gasteiger partial charge in [-0.05, 0) is 19.1 Å². The van der Waals surface area contributed by atoms with Crippen molar-refractivity contribution >= 4 is 11.8 Å². The van der Waals surface area contributed by atoms with Crippen LogP contribution in [0.3, 0.4) is 0 Å². The van der Waals surface area contributed by atoms with Crippen molar-refractivity contribution in [3.8, 4) is 5.75 Å². The number of ether oxygens (including phenoxy) is 1. The Morgan fingerprint density at radius 1 is 1.35 bits per heavy atom. The molecule has 0 spiro atoms. The van der Waals surface area contributed by atoms with E-state index >= 15 is 0 Å². The Morgan fingerprint density at radius 3 is 2.59 bits per heavy atom. The molecule has 0 aliphatic carbocycles. The Hall–Kier alpha value is -2.04. The third-order valence-electron chi connectivity index (χ3n) is 2.59. The van der Waals surface area contributed by atoms with Crippen LogP contribution in [0.25, 0.3) is 0 Å². The van der Waals surface area contributed by atoms with E-state index in [0.29, 0.717) is 5.75 Å². The Bertz CT molecular complexity index is 433. The first-order valence-electron chi connectivity index (χ1n) is 5.41. The molecule has 0 saturated carbocycles. The van der Waals surface area contributed by atoms with E-state index < -0.39 is 6.23 Å². The van der Waals surface area contributed by atoms with Gasteiger partial charge in [0, 0.05) is 6.92 Å². The summed E-state index contributed by atoms with van der Waals surface area (Å²) in [6.07, 6.45) is -0.436. The lowest BCUT2D eigenvalue weighted by atomic mass is 10.0. The molecule has 1 aromatic carbocycles. The fourth-order valence-corrected chi connectivity index (χ4v) is 1.69. The molecule has 1 aliphatic heterocycles. The van der Waals surface area contributed by atoms with E-state index in [2.05, 4.69) is 5.43 Å². The number of hydrogen-bond acceptors (Lipinski definition) is 3. The molecule has 17 heavy (non-hydrogen) atoms. The van der Waals surface area contributed by atoms with Crippen molar-refractivity contribution in [2.45, 2.75) is 20.1 Å². The molecule has 1 aliphatic rings. The number of β-lactam (4-membered cyclic amide) rings is 1. The first-order valence-corrected chi connectivity index (χ1v) is 5.41. The van der Waals surface area contributed by atoms with E-state index in [1.165, 1.54) is 11.9 Å². The fourth-order valence-electron chi connectivity index (χ4n) is 1.69. The molecule has 2 amide bonds. The summed E-state index contributed by atoms with van der Waals surface area (Å²) in [4.78, 5) is 22.5. The minimum Gasteiger partial charge on any atom is -0.468 e. The van der Waals surface area contributed by atoms with Crippen LogP contribution in [0.1, 0.15) is 13.8 Å². The molecule has 90 valence electrons. The van der Waals surface area contributed by atoms with Gasteiger partial charge in [0.1, 0.15) is 5.75 Å². The van der Waals surface area contributed by atoms with Crippen molar-refractivity contribution < 1.29 is 14.3 Å². The van der Waals surface area contributed by atoms with Gasteiger partial charge in [-0.3, -0.25) is 15.0 Å². The van der Waals surface area contributed by atoms with E-state index in [1.807, 2.05) is 30.3 Å². The molecule has 1 fully saturated rings. The van der Waals surface area contributed by atoms with Gasteiger partial charge in [-0.1, -0.05) is 18.2 Å². The molecule has 2 rings (SSSR count). The summed E-state index contributed by atoms with van der Waals surface area (Å²) in [5, 5.41) is 1.22. The summed E-state index contributed by atoms with van der Waals surface area (Å²) in [7, 11) is 0. The molecule has 2 atom stereocenters. The van der Waals surface area contributed by atoms with Crippen LogP contribution in [-0.2, 0) is 9.59 Å². The van der Waals surface area contributed by atoms with Crippen LogP contribution in [0.15, 0.2) is 30.3 Å². The summed E-state index contributed by atoms with van der Waals surface area (Å²) in [5.74, 6) is 0.00213. The average Bonchev–Trinajstić information content (AvgIpc) is 2.34. The van der Waals surface area contributed by atoms with Crippen LogP contribution in [0.2, 0.25) is 0 Å². The zero-order valence-electron chi connectivity index (χ0n) is 9.71. The Morgan fingerprint density at radius 2 is 2.00 bits per heavy atom. The highest BCUT2D eigenvalue weighted by atomic mass is 16.5. The molecule has 5 heteroatoms. The number of carbonyl (C=O) groups is 2. The number of benzene rings is 1. The molecule has 0 radical (unpaired) electrons. The summed E-state index contributed by atoms with van der Waals surface area (Å²) >= 11 is 0. The Balaban J connectivity index is 2.04. The topological polar surface area (TPSA) is 58.6 Å². The molecule has 2 unspecified atom stereocenters. The van der Waals surface area contributed by atoms with Gasteiger partial charge >= 0.3 is 0 Å². The fraction of sp³-hybridized carbons (Fsp3) is 0.333. The Kier molecular flexibility index (Phi) is 2.99. The molecule has 1 saturated heterocycles. The number of nitrogens with zero attached hydrogens (tertiary/aromatic N) is 1. The van der Waals surface area contributed by atoms with Crippen LogP contribution in [-0.4, -0.2) is 23.1 Å². The van der Waals surface area contributed by atoms with Crippen molar-refractivity contribution in [1.82, 2.24) is 10.4 Å². The molecule has 5 nitrogen and oxygen atoms in total. The average molecular weight is 234 g/mol. The first kappa shape index (κ1) is 11.4. The predicted molar refractivity (Wildman–Crippen MR) is 60.7 cm³/mol. The van der Waals surface area contributed by atoms with Gasteiger partial charge in [0.25, 0.3) is 5.91 Å². The molecule has 1 N–H and O–H groups in total. The number of rotatable bonds is 3. The molecule has 0 bridgehead atoms. The lowest BCUT2D eigenvalue weighted by molar-refractivity contribution is -0.186. The smallest absolute Gasteiger partial charge is 0.252 e. The van der Waals surface area contributed by atoms with Gasteiger partial charge in [-0.2, -0.15) is 0 Å². The zero-order chi connectivity index (χ0) is 12.4. The van der Waals surface area contributed by atoms with E-state index in [-0.39, 0.29) is 17.7 Å². The highest BCUT2D eigenvalue weighted by Gasteiger charge is 2.47. The minimum absolute atomic E-state index is 0.138. The van der Waals surface area contributed by atoms with E-state index in [0.717, 1.165) is 0 Å². The standard InChI is InChI=1S/C12H14N2O3/c1-8-11(16)14(13-9(2)15)12(8)17-10-6-4-3-5-7-10/h3-8,12H,1-2H3,(H,13,15). The second-order valence-electron chi connectivity index (χ2n) is 3.99. The van der Waals surface area contributed by atoms with Gasteiger partial charge in [-0.15, -0.1) is 0 Å². The van der Waals surface area contributed by atoms with Crippen LogP contribution in [0.5, 0.6) is 5.75 Å². The summed E-state index contributed by atoms with van der Waals surface area (Å²) < 4.78 is 5.64. The van der Waals surface area contributed by atoms with Gasteiger partial charge in [0.15, 0.2) is 0 Å². The predicted octanol–water partition coefficient (Wildman–Crippen LogP) is 0.921. The maximum Gasteiger partial charge on any atom is 0.252 e. The summed E-state index contributed by atoms with van der Waals surface area (Å²) in [6, 6.07) is 9.20.